The summed E-state index contributed by atoms with van der Waals surface area (Å²) < 4.78 is 6.38. The lowest BCUT2D eigenvalue weighted by Gasteiger charge is -2.07. The van der Waals surface area contributed by atoms with Crippen molar-refractivity contribution in [3.63, 3.8) is 0 Å². The predicted octanol–water partition coefficient (Wildman–Crippen LogP) is 3.87. The van der Waals surface area contributed by atoms with Crippen molar-refractivity contribution in [3.8, 4) is 11.4 Å². The highest BCUT2D eigenvalue weighted by atomic mass is 79.9. The maximum atomic E-state index is 5.33. The van der Waals surface area contributed by atoms with E-state index in [2.05, 4.69) is 38.3 Å². The fourth-order valence-electron chi connectivity index (χ4n) is 1.85. The van der Waals surface area contributed by atoms with Gasteiger partial charge in [0.1, 0.15) is 0 Å². The number of aromatic nitrogens is 2. The minimum Gasteiger partial charge on any atom is -0.337 e. The van der Waals surface area contributed by atoms with Gasteiger partial charge in [0.05, 0.1) is 6.04 Å². The number of nitrogens with one attached hydrogen (secondary N) is 1. The maximum Gasteiger partial charge on any atom is 0.243 e. The summed E-state index contributed by atoms with van der Waals surface area (Å²) in [7, 11) is 0. The van der Waals surface area contributed by atoms with Gasteiger partial charge in [0.2, 0.25) is 11.7 Å². The van der Waals surface area contributed by atoms with Gasteiger partial charge in [-0.2, -0.15) is 4.98 Å². The molecule has 0 aliphatic carbocycles. The van der Waals surface area contributed by atoms with Gasteiger partial charge < -0.3 is 9.84 Å². The molecule has 4 nitrogen and oxygen atoms in total. The summed E-state index contributed by atoms with van der Waals surface area (Å²) in [4.78, 5) is 4.47. The predicted molar refractivity (Wildman–Crippen MR) is 78.9 cm³/mol. The third kappa shape index (κ3) is 3.42. The molecule has 2 rings (SSSR count). The van der Waals surface area contributed by atoms with E-state index < -0.39 is 0 Å². The summed E-state index contributed by atoms with van der Waals surface area (Å²) in [6, 6.07) is 6.11. The van der Waals surface area contributed by atoms with Gasteiger partial charge in [-0.3, -0.25) is 0 Å². The average molecular weight is 324 g/mol. The molecule has 0 saturated heterocycles. The third-order valence-electron chi connectivity index (χ3n) is 2.94. The molecule has 2 aromatic rings. The Bertz CT molecular complexity index is 553. The van der Waals surface area contributed by atoms with Crippen molar-refractivity contribution in [2.75, 3.05) is 6.54 Å². The third-order valence-corrected chi connectivity index (χ3v) is 3.44. The van der Waals surface area contributed by atoms with Crippen LogP contribution in [0.4, 0.5) is 0 Å². The van der Waals surface area contributed by atoms with Crippen LogP contribution < -0.4 is 5.32 Å². The second kappa shape index (κ2) is 6.30. The highest BCUT2D eigenvalue weighted by molar-refractivity contribution is 9.10. The minimum atomic E-state index is 0.0805. The van der Waals surface area contributed by atoms with E-state index in [0.29, 0.717) is 11.7 Å². The maximum absolute atomic E-state index is 5.33. The molecule has 5 heteroatoms. The van der Waals surface area contributed by atoms with E-state index >= 15 is 0 Å². The van der Waals surface area contributed by atoms with E-state index in [1.807, 2.05) is 32.0 Å². The second-order valence-corrected chi connectivity index (χ2v) is 5.51. The van der Waals surface area contributed by atoms with E-state index in [0.717, 1.165) is 28.6 Å². The fourth-order valence-corrected chi connectivity index (χ4v) is 2.32. The van der Waals surface area contributed by atoms with Crippen LogP contribution in [0.2, 0.25) is 0 Å². The van der Waals surface area contributed by atoms with Crippen LogP contribution >= 0.6 is 15.9 Å². The van der Waals surface area contributed by atoms with Crippen molar-refractivity contribution in [3.05, 3.63) is 34.1 Å². The molecule has 1 aromatic heterocycles. The molecule has 0 fully saturated rings. The number of benzene rings is 1. The lowest BCUT2D eigenvalue weighted by atomic mass is 10.1. The molecular weight excluding hydrogens is 306 g/mol. The normalized spacial score (nSPS) is 12.6. The van der Waals surface area contributed by atoms with Crippen LogP contribution in [-0.4, -0.2) is 16.7 Å². The number of nitrogens with zero attached hydrogens (tertiary/aromatic N) is 2. The lowest BCUT2D eigenvalue weighted by molar-refractivity contribution is 0.340. The molecule has 1 N–H and O–H groups in total. The molecule has 1 heterocycles. The highest BCUT2D eigenvalue weighted by Gasteiger charge is 2.15. The van der Waals surface area contributed by atoms with Crippen molar-refractivity contribution in [1.29, 1.82) is 0 Å². The van der Waals surface area contributed by atoms with E-state index in [-0.39, 0.29) is 6.04 Å². The lowest BCUT2D eigenvalue weighted by Crippen LogP contribution is -2.19. The van der Waals surface area contributed by atoms with Crippen molar-refractivity contribution >= 4 is 15.9 Å². The van der Waals surface area contributed by atoms with Crippen molar-refractivity contribution < 1.29 is 4.52 Å². The minimum absolute atomic E-state index is 0.0805. The Hall–Kier alpha value is -1.20. The molecule has 102 valence electrons. The van der Waals surface area contributed by atoms with Gasteiger partial charge in [-0.15, -0.1) is 0 Å². The first kappa shape index (κ1) is 14.2. The first-order valence-electron chi connectivity index (χ1n) is 6.45. The molecule has 0 saturated carbocycles. The van der Waals surface area contributed by atoms with E-state index in [4.69, 9.17) is 4.52 Å². The average Bonchev–Trinajstić information content (AvgIpc) is 2.85. The molecule has 0 aliphatic rings. The number of halogens is 1. The Balaban J connectivity index is 2.20. The number of hydrogen-bond acceptors (Lipinski definition) is 4. The van der Waals surface area contributed by atoms with Crippen LogP contribution in [0, 0.1) is 6.92 Å². The van der Waals surface area contributed by atoms with Gasteiger partial charge in [-0.1, -0.05) is 28.0 Å². The van der Waals surface area contributed by atoms with Gasteiger partial charge >= 0.3 is 0 Å². The molecule has 0 amide bonds. The van der Waals surface area contributed by atoms with Gasteiger partial charge in [-0.25, -0.2) is 0 Å². The molecule has 0 aliphatic heterocycles. The topological polar surface area (TPSA) is 51.0 Å². The molecule has 0 radical (unpaired) electrons. The summed E-state index contributed by atoms with van der Waals surface area (Å²) in [6.45, 7) is 7.14. The first-order chi connectivity index (χ1) is 9.11. The Labute approximate surface area is 121 Å². The van der Waals surface area contributed by atoms with Crippen molar-refractivity contribution in [2.24, 2.45) is 0 Å². The second-order valence-electron chi connectivity index (χ2n) is 4.59. The summed E-state index contributed by atoms with van der Waals surface area (Å²) in [6.07, 6.45) is 1.08. The van der Waals surface area contributed by atoms with Crippen LogP contribution in [0.3, 0.4) is 0 Å². The van der Waals surface area contributed by atoms with Crippen molar-refractivity contribution in [2.45, 2.75) is 33.2 Å². The molecule has 0 spiro atoms. The summed E-state index contributed by atoms with van der Waals surface area (Å²) >= 11 is 3.45. The van der Waals surface area contributed by atoms with Crippen LogP contribution in [-0.2, 0) is 0 Å². The zero-order valence-electron chi connectivity index (χ0n) is 11.4. The molecule has 1 unspecified atom stereocenters. The number of hydrogen-bond donors (Lipinski definition) is 1. The Morgan fingerprint density at radius 2 is 2.21 bits per heavy atom. The number of rotatable bonds is 5. The van der Waals surface area contributed by atoms with E-state index in [9.17, 15) is 0 Å². The molecule has 19 heavy (non-hydrogen) atoms. The first-order valence-corrected chi connectivity index (χ1v) is 7.24. The van der Waals surface area contributed by atoms with Gasteiger partial charge in [0.15, 0.2) is 0 Å². The zero-order chi connectivity index (χ0) is 13.8. The molecule has 1 atom stereocenters. The van der Waals surface area contributed by atoms with Crippen LogP contribution in [0.25, 0.3) is 11.4 Å². The molecular formula is C14H18BrN3O. The smallest absolute Gasteiger partial charge is 0.243 e. The van der Waals surface area contributed by atoms with E-state index in [1.165, 1.54) is 0 Å². The molecule has 0 bridgehead atoms. The van der Waals surface area contributed by atoms with Crippen molar-refractivity contribution in [1.82, 2.24) is 15.5 Å². The number of aryl methyl sites for hydroxylation is 1. The largest absolute Gasteiger partial charge is 0.337 e. The SMILES string of the molecule is CCCNC(C)c1nc(-c2ccc(Br)cc2C)no1. The van der Waals surface area contributed by atoms with Gasteiger partial charge in [-0.05, 0) is 50.6 Å². The summed E-state index contributed by atoms with van der Waals surface area (Å²) in [5.41, 5.74) is 2.12. The van der Waals surface area contributed by atoms with Crippen LogP contribution in [0.5, 0.6) is 0 Å². The monoisotopic (exact) mass is 323 g/mol. The Morgan fingerprint density at radius 1 is 1.42 bits per heavy atom. The zero-order valence-corrected chi connectivity index (χ0v) is 13.0. The molecule has 1 aromatic carbocycles. The summed E-state index contributed by atoms with van der Waals surface area (Å²) in [5, 5.41) is 7.40. The van der Waals surface area contributed by atoms with Gasteiger partial charge in [0, 0.05) is 10.0 Å². The van der Waals surface area contributed by atoms with Crippen LogP contribution in [0.1, 0.15) is 37.8 Å². The fraction of sp³-hybridized carbons (Fsp3) is 0.429. The van der Waals surface area contributed by atoms with Crippen LogP contribution in [0.15, 0.2) is 27.2 Å². The Kier molecular flexibility index (Phi) is 4.71. The quantitative estimate of drug-likeness (QED) is 0.907. The Morgan fingerprint density at radius 3 is 2.89 bits per heavy atom. The van der Waals surface area contributed by atoms with E-state index in [1.54, 1.807) is 0 Å². The standard InChI is InChI=1S/C14H18BrN3O/c1-4-7-16-10(3)14-17-13(18-19-14)12-6-5-11(15)8-9(12)2/h5-6,8,10,16H,4,7H2,1-3H3. The highest BCUT2D eigenvalue weighted by Crippen LogP contribution is 2.24. The van der Waals surface area contributed by atoms with Gasteiger partial charge in [0.25, 0.3) is 0 Å². The summed E-state index contributed by atoms with van der Waals surface area (Å²) in [5.74, 6) is 1.27.